The van der Waals surface area contributed by atoms with Gasteiger partial charge in [-0.25, -0.2) is 0 Å². The Balaban J connectivity index is 1.96. The standard InChI is InChI=1S/C16H19NO2/c1-2-12-4-3-5-15(10-12)19-11-16(18)13-6-8-14(17)9-7-13/h3-10,16,18H,2,11,17H2,1H3. The van der Waals surface area contributed by atoms with E-state index in [9.17, 15) is 5.11 Å². The summed E-state index contributed by atoms with van der Waals surface area (Å²) in [5.74, 6) is 0.786. The maximum Gasteiger partial charge on any atom is 0.119 e. The summed E-state index contributed by atoms with van der Waals surface area (Å²) in [6, 6.07) is 15.1. The fraction of sp³-hybridized carbons (Fsp3) is 0.250. The third-order valence-corrected chi connectivity index (χ3v) is 3.04. The van der Waals surface area contributed by atoms with Crippen molar-refractivity contribution in [2.45, 2.75) is 19.4 Å². The Hall–Kier alpha value is -2.00. The molecule has 0 aromatic heterocycles. The minimum atomic E-state index is -0.647. The molecule has 0 amide bonds. The van der Waals surface area contributed by atoms with Gasteiger partial charge in [-0.3, -0.25) is 0 Å². The normalized spacial score (nSPS) is 12.1. The summed E-state index contributed by atoms with van der Waals surface area (Å²) in [6.07, 6.45) is 0.323. The summed E-state index contributed by atoms with van der Waals surface area (Å²) in [7, 11) is 0. The van der Waals surface area contributed by atoms with E-state index >= 15 is 0 Å². The molecule has 1 unspecified atom stereocenters. The number of aliphatic hydroxyl groups is 1. The highest BCUT2D eigenvalue weighted by atomic mass is 16.5. The monoisotopic (exact) mass is 257 g/mol. The second kappa shape index (κ2) is 6.25. The molecule has 0 saturated carbocycles. The van der Waals surface area contributed by atoms with Gasteiger partial charge in [0.25, 0.3) is 0 Å². The molecule has 1 atom stereocenters. The van der Waals surface area contributed by atoms with Crippen molar-refractivity contribution in [3.63, 3.8) is 0 Å². The first-order valence-electron chi connectivity index (χ1n) is 6.44. The molecule has 0 bridgehead atoms. The number of nitrogens with two attached hydrogens (primary N) is 1. The second-order valence-corrected chi connectivity index (χ2v) is 4.49. The molecule has 0 aliphatic rings. The van der Waals surface area contributed by atoms with Crippen LogP contribution in [-0.4, -0.2) is 11.7 Å². The summed E-state index contributed by atoms with van der Waals surface area (Å²) in [4.78, 5) is 0. The van der Waals surface area contributed by atoms with Crippen LogP contribution in [0.5, 0.6) is 5.75 Å². The van der Waals surface area contributed by atoms with E-state index in [0.717, 1.165) is 17.7 Å². The predicted molar refractivity (Wildman–Crippen MR) is 77.1 cm³/mol. The molecule has 0 heterocycles. The van der Waals surface area contributed by atoms with E-state index in [1.165, 1.54) is 5.56 Å². The number of aryl methyl sites for hydroxylation is 1. The lowest BCUT2D eigenvalue weighted by Crippen LogP contribution is -2.09. The average Bonchev–Trinajstić information content (AvgIpc) is 2.46. The molecule has 100 valence electrons. The zero-order valence-electron chi connectivity index (χ0n) is 11.0. The van der Waals surface area contributed by atoms with Gasteiger partial charge in [0.15, 0.2) is 0 Å². The average molecular weight is 257 g/mol. The molecule has 0 aliphatic carbocycles. The Morgan fingerprint density at radius 3 is 2.58 bits per heavy atom. The van der Waals surface area contributed by atoms with E-state index in [1.54, 1.807) is 12.1 Å². The van der Waals surface area contributed by atoms with Crippen molar-refractivity contribution < 1.29 is 9.84 Å². The van der Waals surface area contributed by atoms with Crippen LogP contribution in [0.3, 0.4) is 0 Å². The van der Waals surface area contributed by atoms with Crippen LogP contribution >= 0.6 is 0 Å². The summed E-state index contributed by atoms with van der Waals surface area (Å²) in [5, 5.41) is 10.0. The van der Waals surface area contributed by atoms with Crippen LogP contribution in [0.4, 0.5) is 5.69 Å². The number of nitrogen functional groups attached to an aromatic ring is 1. The van der Waals surface area contributed by atoms with Crippen molar-refractivity contribution in [2.75, 3.05) is 12.3 Å². The van der Waals surface area contributed by atoms with Crippen LogP contribution in [0.15, 0.2) is 48.5 Å². The summed E-state index contributed by atoms with van der Waals surface area (Å²) in [6.45, 7) is 2.33. The largest absolute Gasteiger partial charge is 0.491 e. The van der Waals surface area contributed by atoms with Crippen molar-refractivity contribution in [2.24, 2.45) is 0 Å². The quantitative estimate of drug-likeness (QED) is 0.810. The summed E-state index contributed by atoms with van der Waals surface area (Å²) in [5.41, 5.74) is 8.33. The molecule has 0 saturated heterocycles. The van der Waals surface area contributed by atoms with Gasteiger partial charge in [-0.15, -0.1) is 0 Å². The molecule has 0 spiro atoms. The van der Waals surface area contributed by atoms with Gasteiger partial charge in [0.2, 0.25) is 0 Å². The van der Waals surface area contributed by atoms with Gasteiger partial charge in [-0.05, 0) is 41.8 Å². The maximum atomic E-state index is 10.0. The lowest BCUT2D eigenvalue weighted by Gasteiger charge is -2.13. The van der Waals surface area contributed by atoms with Crippen molar-refractivity contribution in [3.05, 3.63) is 59.7 Å². The number of benzene rings is 2. The molecule has 19 heavy (non-hydrogen) atoms. The van der Waals surface area contributed by atoms with Crippen LogP contribution in [0.25, 0.3) is 0 Å². The first-order valence-corrected chi connectivity index (χ1v) is 6.44. The molecule has 3 N–H and O–H groups in total. The van der Waals surface area contributed by atoms with Gasteiger partial charge >= 0.3 is 0 Å². The van der Waals surface area contributed by atoms with Crippen LogP contribution in [0.2, 0.25) is 0 Å². The number of hydrogen-bond acceptors (Lipinski definition) is 3. The highest BCUT2D eigenvalue weighted by Gasteiger charge is 2.08. The Morgan fingerprint density at radius 1 is 1.16 bits per heavy atom. The fourth-order valence-corrected chi connectivity index (χ4v) is 1.84. The molecule has 2 aromatic rings. The minimum absolute atomic E-state index is 0.233. The number of anilines is 1. The van der Waals surface area contributed by atoms with Gasteiger partial charge in [-0.2, -0.15) is 0 Å². The molecular formula is C16H19NO2. The van der Waals surface area contributed by atoms with Crippen molar-refractivity contribution in [1.82, 2.24) is 0 Å². The van der Waals surface area contributed by atoms with Crippen molar-refractivity contribution >= 4 is 5.69 Å². The molecule has 0 fully saturated rings. The first-order chi connectivity index (χ1) is 9.19. The molecule has 2 aromatic carbocycles. The van der Waals surface area contributed by atoms with Gasteiger partial charge in [0.1, 0.15) is 18.5 Å². The minimum Gasteiger partial charge on any atom is -0.491 e. The lowest BCUT2D eigenvalue weighted by molar-refractivity contribution is 0.108. The number of rotatable bonds is 5. The predicted octanol–water partition coefficient (Wildman–Crippen LogP) is 2.94. The first kappa shape index (κ1) is 13.4. The third kappa shape index (κ3) is 3.73. The van der Waals surface area contributed by atoms with E-state index in [-0.39, 0.29) is 6.61 Å². The van der Waals surface area contributed by atoms with E-state index in [1.807, 2.05) is 30.3 Å². The second-order valence-electron chi connectivity index (χ2n) is 4.49. The number of aliphatic hydroxyl groups excluding tert-OH is 1. The zero-order valence-corrected chi connectivity index (χ0v) is 11.0. The van der Waals surface area contributed by atoms with Crippen LogP contribution in [0.1, 0.15) is 24.2 Å². The highest BCUT2D eigenvalue weighted by Crippen LogP contribution is 2.18. The summed E-state index contributed by atoms with van der Waals surface area (Å²) < 4.78 is 5.61. The molecule has 0 radical (unpaired) electrons. The zero-order chi connectivity index (χ0) is 13.7. The Labute approximate surface area is 113 Å². The summed E-state index contributed by atoms with van der Waals surface area (Å²) >= 11 is 0. The van der Waals surface area contributed by atoms with Crippen molar-refractivity contribution in [1.29, 1.82) is 0 Å². The van der Waals surface area contributed by atoms with E-state index < -0.39 is 6.10 Å². The number of ether oxygens (including phenoxy) is 1. The molecule has 2 rings (SSSR count). The van der Waals surface area contributed by atoms with E-state index in [2.05, 4.69) is 13.0 Å². The fourth-order valence-electron chi connectivity index (χ4n) is 1.84. The van der Waals surface area contributed by atoms with Crippen molar-refractivity contribution in [3.8, 4) is 5.75 Å². The SMILES string of the molecule is CCc1cccc(OCC(O)c2ccc(N)cc2)c1. The third-order valence-electron chi connectivity index (χ3n) is 3.04. The van der Waals surface area contributed by atoms with Gasteiger partial charge in [0.05, 0.1) is 0 Å². The van der Waals surface area contributed by atoms with E-state index in [0.29, 0.717) is 5.69 Å². The Morgan fingerprint density at radius 2 is 1.89 bits per heavy atom. The molecular weight excluding hydrogens is 238 g/mol. The van der Waals surface area contributed by atoms with E-state index in [4.69, 9.17) is 10.5 Å². The maximum absolute atomic E-state index is 10.0. The topological polar surface area (TPSA) is 55.5 Å². The van der Waals surface area contributed by atoms with Crippen LogP contribution in [-0.2, 0) is 6.42 Å². The number of hydrogen-bond donors (Lipinski definition) is 2. The Kier molecular flexibility index (Phi) is 4.42. The highest BCUT2D eigenvalue weighted by molar-refractivity contribution is 5.39. The van der Waals surface area contributed by atoms with Gasteiger partial charge in [0, 0.05) is 5.69 Å². The van der Waals surface area contributed by atoms with Gasteiger partial charge < -0.3 is 15.6 Å². The molecule has 0 aliphatic heterocycles. The molecule has 3 nitrogen and oxygen atoms in total. The lowest BCUT2D eigenvalue weighted by atomic mass is 10.1. The smallest absolute Gasteiger partial charge is 0.119 e. The van der Waals surface area contributed by atoms with Crippen LogP contribution in [0, 0.1) is 0 Å². The van der Waals surface area contributed by atoms with Gasteiger partial charge in [-0.1, -0.05) is 31.2 Å². The van der Waals surface area contributed by atoms with Crippen LogP contribution < -0.4 is 10.5 Å². The molecule has 3 heteroatoms. The Bertz CT molecular complexity index is 523.